The van der Waals surface area contributed by atoms with Gasteiger partial charge in [0.15, 0.2) is 5.75 Å². The third-order valence-corrected chi connectivity index (χ3v) is 4.43. The van der Waals surface area contributed by atoms with Gasteiger partial charge in [0.25, 0.3) is 0 Å². The smallest absolute Gasteiger partial charge is 0.341 e. The lowest BCUT2D eigenvalue weighted by molar-refractivity contribution is 0.0597. The monoisotopic (exact) mass is 392 g/mol. The predicted molar refractivity (Wildman–Crippen MR) is 98.8 cm³/mol. The molecule has 0 unspecified atom stereocenters. The van der Waals surface area contributed by atoms with Crippen molar-refractivity contribution in [3.63, 3.8) is 0 Å². The van der Waals surface area contributed by atoms with Crippen LogP contribution in [0, 0.1) is 5.82 Å². The van der Waals surface area contributed by atoms with Gasteiger partial charge >= 0.3 is 5.97 Å². The van der Waals surface area contributed by atoms with Crippen molar-refractivity contribution in [1.82, 2.24) is 9.55 Å². The molecule has 0 saturated carbocycles. The van der Waals surface area contributed by atoms with E-state index in [9.17, 15) is 9.18 Å². The summed E-state index contributed by atoms with van der Waals surface area (Å²) in [6.45, 7) is 0.202. The Hall–Kier alpha value is -2.64. The Morgan fingerprint density at radius 1 is 1.22 bits per heavy atom. The van der Waals surface area contributed by atoms with Crippen LogP contribution in [0.2, 0.25) is 5.02 Å². The average molecular weight is 393 g/mol. The number of aromatic nitrogens is 2. The minimum Gasteiger partial charge on any atom is -0.493 e. The van der Waals surface area contributed by atoms with E-state index < -0.39 is 5.97 Å². The molecule has 0 radical (unpaired) electrons. The van der Waals surface area contributed by atoms with Gasteiger partial charge in [-0.15, -0.1) is 0 Å². The molecule has 1 aromatic heterocycles. The minimum atomic E-state index is -0.572. The Morgan fingerprint density at radius 3 is 2.52 bits per heavy atom. The van der Waals surface area contributed by atoms with Crippen LogP contribution in [0.15, 0.2) is 30.3 Å². The number of nitrogens with zero attached hydrogens (tertiary/aromatic N) is 2. The molecule has 0 bridgehead atoms. The van der Waals surface area contributed by atoms with Crippen molar-refractivity contribution in [2.75, 3.05) is 21.3 Å². The zero-order valence-electron chi connectivity index (χ0n) is 15.1. The van der Waals surface area contributed by atoms with Crippen LogP contribution in [-0.4, -0.2) is 36.8 Å². The summed E-state index contributed by atoms with van der Waals surface area (Å²) >= 11 is 6.44. The van der Waals surface area contributed by atoms with E-state index in [1.165, 1.54) is 32.4 Å². The number of carbonyl (C=O) groups excluding carboxylic acids is 1. The Morgan fingerprint density at radius 2 is 1.93 bits per heavy atom. The first-order valence-electron chi connectivity index (χ1n) is 8.07. The van der Waals surface area contributed by atoms with Crippen LogP contribution in [0.5, 0.6) is 5.75 Å². The lowest BCUT2D eigenvalue weighted by Gasteiger charge is -2.11. The van der Waals surface area contributed by atoms with E-state index in [1.807, 2.05) is 0 Å². The highest BCUT2D eigenvalue weighted by Gasteiger charge is 2.24. The van der Waals surface area contributed by atoms with Crippen LogP contribution >= 0.6 is 11.6 Å². The molecule has 0 amide bonds. The lowest BCUT2D eigenvalue weighted by Crippen LogP contribution is -2.07. The summed E-state index contributed by atoms with van der Waals surface area (Å²) in [6.07, 6.45) is 0.422. The maximum atomic E-state index is 13.2. The van der Waals surface area contributed by atoms with Gasteiger partial charge in [0.2, 0.25) is 0 Å². The second-order valence-corrected chi connectivity index (χ2v) is 6.21. The zero-order chi connectivity index (χ0) is 19.6. The first-order valence-corrected chi connectivity index (χ1v) is 8.45. The van der Waals surface area contributed by atoms with Crippen molar-refractivity contribution in [3.05, 3.63) is 58.1 Å². The molecule has 3 rings (SSSR count). The van der Waals surface area contributed by atoms with E-state index in [0.29, 0.717) is 28.3 Å². The van der Waals surface area contributed by atoms with Gasteiger partial charge in [-0.25, -0.2) is 14.2 Å². The van der Waals surface area contributed by atoms with Crippen molar-refractivity contribution < 1.29 is 23.4 Å². The van der Waals surface area contributed by atoms with E-state index >= 15 is 0 Å². The van der Waals surface area contributed by atoms with E-state index in [2.05, 4.69) is 4.98 Å². The maximum absolute atomic E-state index is 13.2. The SMILES string of the molecule is COCn1c(Cc2ccc(F)cc2)nc2c(OC)c(C(=O)OC)cc(Cl)c21. The van der Waals surface area contributed by atoms with Crippen LogP contribution in [0.25, 0.3) is 11.0 Å². The summed E-state index contributed by atoms with van der Waals surface area (Å²) in [5.41, 5.74) is 2.07. The number of methoxy groups -OCH3 is 3. The molecule has 0 atom stereocenters. The normalized spacial score (nSPS) is 11.0. The molecule has 0 aliphatic carbocycles. The van der Waals surface area contributed by atoms with Crippen molar-refractivity contribution in [1.29, 1.82) is 0 Å². The number of ether oxygens (including phenoxy) is 3. The Kier molecular flexibility index (Phi) is 5.62. The van der Waals surface area contributed by atoms with Crippen molar-refractivity contribution in [3.8, 4) is 5.75 Å². The minimum absolute atomic E-state index is 0.188. The molecule has 142 valence electrons. The van der Waals surface area contributed by atoms with Crippen molar-refractivity contribution >= 4 is 28.6 Å². The van der Waals surface area contributed by atoms with Crippen molar-refractivity contribution in [2.45, 2.75) is 13.2 Å². The molecule has 0 N–H and O–H groups in total. The number of halogens is 2. The summed E-state index contributed by atoms with van der Waals surface area (Å²) in [6, 6.07) is 7.64. The van der Waals surface area contributed by atoms with Crippen LogP contribution in [0.4, 0.5) is 4.39 Å². The largest absolute Gasteiger partial charge is 0.493 e. The number of rotatable bonds is 6. The van der Waals surface area contributed by atoms with E-state index in [1.54, 1.807) is 23.8 Å². The van der Waals surface area contributed by atoms with Crippen LogP contribution < -0.4 is 4.74 Å². The first kappa shape index (κ1) is 19.1. The molecule has 27 heavy (non-hydrogen) atoms. The van der Waals surface area contributed by atoms with Gasteiger partial charge in [0.05, 0.1) is 24.8 Å². The number of imidazole rings is 1. The molecule has 2 aromatic carbocycles. The molecule has 0 spiro atoms. The van der Waals surface area contributed by atoms with Crippen LogP contribution in [-0.2, 0) is 22.6 Å². The summed E-state index contributed by atoms with van der Waals surface area (Å²) in [7, 11) is 4.29. The summed E-state index contributed by atoms with van der Waals surface area (Å²) in [4.78, 5) is 16.7. The number of hydrogen-bond donors (Lipinski definition) is 0. The fourth-order valence-corrected chi connectivity index (χ4v) is 3.24. The van der Waals surface area contributed by atoms with Gasteiger partial charge in [0.1, 0.15) is 29.5 Å². The molecule has 0 aliphatic rings. The number of hydrogen-bond acceptors (Lipinski definition) is 5. The van der Waals surface area contributed by atoms with Crippen LogP contribution in [0.3, 0.4) is 0 Å². The van der Waals surface area contributed by atoms with Gasteiger partial charge in [-0.2, -0.15) is 0 Å². The van der Waals surface area contributed by atoms with Gasteiger partial charge in [-0.1, -0.05) is 23.7 Å². The number of esters is 1. The molecule has 6 nitrogen and oxygen atoms in total. The maximum Gasteiger partial charge on any atom is 0.341 e. The third kappa shape index (κ3) is 3.61. The lowest BCUT2D eigenvalue weighted by atomic mass is 10.1. The molecule has 1 heterocycles. The first-order chi connectivity index (χ1) is 13.0. The quantitative estimate of drug-likeness (QED) is 0.597. The summed E-state index contributed by atoms with van der Waals surface area (Å²) in [5, 5.41) is 0.320. The van der Waals surface area contributed by atoms with E-state index in [0.717, 1.165) is 5.56 Å². The third-order valence-electron chi connectivity index (χ3n) is 4.15. The molecule has 0 saturated heterocycles. The fourth-order valence-electron chi connectivity index (χ4n) is 2.94. The Bertz CT molecular complexity index is 986. The second kappa shape index (κ2) is 7.94. The molecule has 3 aromatic rings. The standard InChI is InChI=1S/C19H18ClFN2O4/c1-25-10-23-15(8-11-4-6-12(21)7-5-11)22-16-17(23)14(20)9-13(18(16)26-2)19(24)27-3/h4-7,9H,8,10H2,1-3H3. The summed E-state index contributed by atoms with van der Waals surface area (Å²) < 4.78 is 30.5. The second-order valence-electron chi connectivity index (χ2n) is 5.81. The summed E-state index contributed by atoms with van der Waals surface area (Å²) in [5.74, 6) is 0.0331. The molecular formula is C19H18ClFN2O4. The number of benzene rings is 2. The van der Waals surface area contributed by atoms with Gasteiger partial charge < -0.3 is 18.8 Å². The predicted octanol–water partition coefficient (Wildman–Crippen LogP) is 3.82. The Balaban J connectivity index is 2.21. The van der Waals surface area contributed by atoms with E-state index in [4.69, 9.17) is 25.8 Å². The fraction of sp³-hybridized carbons (Fsp3) is 0.263. The Labute approximate surface area is 160 Å². The van der Waals surface area contributed by atoms with Crippen LogP contribution in [0.1, 0.15) is 21.7 Å². The molecule has 8 heteroatoms. The highest BCUT2D eigenvalue weighted by atomic mass is 35.5. The average Bonchev–Trinajstić information content (AvgIpc) is 3.01. The number of fused-ring (bicyclic) bond motifs is 1. The molecule has 0 aliphatic heterocycles. The molecule has 0 fully saturated rings. The zero-order valence-corrected chi connectivity index (χ0v) is 15.8. The topological polar surface area (TPSA) is 62.6 Å². The van der Waals surface area contributed by atoms with Crippen molar-refractivity contribution in [2.24, 2.45) is 0 Å². The number of carbonyl (C=O) groups is 1. The van der Waals surface area contributed by atoms with Gasteiger partial charge in [0, 0.05) is 13.5 Å². The van der Waals surface area contributed by atoms with Gasteiger partial charge in [-0.3, -0.25) is 0 Å². The van der Waals surface area contributed by atoms with E-state index in [-0.39, 0.29) is 23.9 Å². The highest BCUT2D eigenvalue weighted by molar-refractivity contribution is 6.35. The van der Waals surface area contributed by atoms with Gasteiger partial charge in [-0.05, 0) is 23.8 Å². The molecular weight excluding hydrogens is 375 g/mol. The highest BCUT2D eigenvalue weighted by Crippen LogP contribution is 2.36.